The molecule has 0 fully saturated rings. The number of hydrogen-bond donors (Lipinski definition) is 1. The fraction of sp³-hybridized carbons (Fsp3) is 0.375. The number of aromatic nitrogens is 1. The summed E-state index contributed by atoms with van der Waals surface area (Å²) in [6.07, 6.45) is 0.132. The molecule has 0 atom stereocenters. The van der Waals surface area contributed by atoms with Gasteiger partial charge in [0.25, 0.3) is 0 Å². The lowest BCUT2D eigenvalue weighted by molar-refractivity contribution is -0.136. The molecule has 2 rings (SSSR count). The third-order valence-electron chi connectivity index (χ3n) is 3.01. The van der Waals surface area contributed by atoms with Crippen LogP contribution < -0.4 is 4.90 Å². The van der Waals surface area contributed by atoms with Crippen molar-refractivity contribution in [1.82, 2.24) is 4.98 Å². The highest BCUT2D eigenvalue weighted by Crippen LogP contribution is 2.27. The van der Waals surface area contributed by atoms with Crippen LogP contribution in [0.1, 0.15) is 20.3 Å². The lowest BCUT2D eigenvalue weighted by atomic mass is 10.2. The first-order valence-corrected chi connectivity index (χ1v) is 7.92. The normalized spacial score (nSPS) is 10.8. The van der Waals surface area contributed by atoms with Crippen LogP contribution in [-0.2, 0) is 4.79 Å². The number of thiazole rings is 1. The molecule has 21 heavy (non-hydrogen) atoms. The largest absolute Gasteiger partial charge is 0.481 e. The first-order chi connectivity index (χ1) is 10.1. The quantitative estimate of drug-likeness (QED) is 0.846. The van der Waals surface area contributed by atoms with Crippen molar-refractivity contribution >= 4 is 22.4 Å². The van der Waals surface area contributed by atoms with Gasteiger partial charge in [-0.1, -0.05) is 44.2 Å². The van der Waals surface area contributed by atoms with Crippen molar-refractivity contribution in [2.24, 2.45) is 5.92 Å². The van der Waals surface area contributed by atoms with E-state index in [4.69, 9.17) is 5.11 Å². The Labute approximate surface area is 129 Å². The minimum atomic E-state index is -0.774. The topological polar surface area (TPSA) is 53.4 Å². The second kappa shape index (κ2) is 7.22. The fourth-order valence-corrected chi connectivity index (χ4v) is 2.96. The van der Waals surface area contributed by atoms with E-state index in [0.717, 1.165) is 22.9 Å². The van der Waals surface area contributed by atoms with Crippen LogP contribution >= 0.6 is 11.3 Å². The van der Waals surface area contributed by atoms with Crippen molar-refractivity contribution in [1.29, 1.82) is 0 Å². The molecule has 0 saturated heterocycles. The zero-order valence-corrected chi connectivity index (χ0v) is 13.1. The van der Waals surface area contributed by atoms with Crippen molar-refractivity contribution in [3.05, 3.63) is 35.7 Å². The molecule has 1 heterocycles. The summed E-state index contributed by atoms with van der Waals surface area (Å²) in [7, 11) is 0. The molecule has 112 valence electrons. The summed E-state index contributed by atoms with van der Waals surface area (Å²) in [4.78, 5) is 17.5. The lowest BCUT2D eigenvalue weighted by Gasteiger charge is -2.23. The average molecular weight is 304 g/mol. The maximum atomic E-state index is 10.8. The standard InChI is InChI=1S/C16H20N2O2S/c1-12(2)10-18(9-8-15(19)20)16-17-14(11-21-16)13-6-4-3-5-7-13/h3-7,11-12H,8-10H2,1-2H3,(H,19,20). The minimum absolute atomic E-state index is 0.132. The van der Waals surface area contributed by atoms with E-state index in [1.165, 1.54) is 0 Å². The van der Waals surface area contributed by atoms with Crippen molar-refractivity contribution in [2.45, 2.75) is 20.3 Å². The molecule has 1 aromatic heterocycles. The number of rotatable bonds is 7. The Hall–Kier alpha value is -1.88. The van der Waals surface area contributed by atoms with E-state index in [1.807, 2.05) is 35.7 Å². The van der Waals surface area contributed by atoms with Crippen LogP contribution in [0.5, 0.6) is 0 Å². The number of nitrogens with zero attached hydrogens (tertiary/aromatic N) is 2. The molecule has 1 N–H and O–H groups in total. The van der Waals surface area contributed by atoms with Gasteiger partial charge in [0.05, 0.1) is 12.1 Å². The molecule has 0 aliphatic carbocycles. The van der Waals surface area contributed by atoms with Gasteiger partial charge in [0.2, 0.25) is 0 Å². The molecule has 0 spiro atoms. The Morgan fingerprint density at radius 2 is 2.05 bits per heavy atom. The van der Waals surface area contributed by atoms with Crippen LogP contribution in [0.3, 0.4) is 0 Å². The molecule has 0 amide bonds. The van der Waals surface area contributed by atoms with E-state index in [0.29, 0.717) is 12.5 Å². The summed E-state index contributed by atoms with van der Waals surface area (Å²) in [6, 6.07) is 10.0. The van der Waals surface area contributed by atoms with Crippen LogP contribution in [0.15, 0.2) is 35.7 Å². The maximum absolute atomic E-state index is 10.8. The number of carbonyl (C=O) groups is 1. The van der Waals surface area contributed by atoms with Crippen molar-refractivity contribution in [2.75, 3.05) is 18.0 Å². The number of hydrogen-bond acceptors (Lipinski definition) is 4. The predicted molar refractivity (Wildman–Crippen MR) is 86.9 cm³/mol. The highest BCUT2D eigenvalue weighted by Gasteiger charge is 2.14. The van der Waals surface area contributed by atoms with Crippen molar-refractivity contribution in [3.8, 4) is 11.3 Å². The molecule has 5 heteroatoms. The second-order valence-electron chi connectivity index (χ2n) is 5.36. The number of anilines is 1. The molecular formula is C16H20N2O2S. The Kier molecular flexibility index (Phi) is 5.33. The van der Waals surface area contributed by atoms with Gasteiger partial charge in [-0.2, -0.15) is 0 Å². The zero-order chi connectivity index (χ0) is 15.2. The average Bonchev–Trinajstić information content (AvgIpc) is 2.93. The Morgan fingerprint density at radius 1 is 1.33 bits per heavy atom. The Morgan fingerprint density at radius 3 is 2.67 bits per heavy atom. The van der Waals surface area contributed by atoms with E-state index in [-0.39, 0.29) is 6.42 Å². The van der Waals surface area contributed by atoms with Gasteiger partial charge in [0.15, 0.2) is 5.13 Å². The van der Waals surface area contributed by atoms with Crippen LogP contribution in [0.2, 0.25) is 0 Å². The second-order valence-corrected chi connectivity index (χ2v) is 6.20. The van der Waals surface area contributed by atoms with Gasteiger partial charge in [-0.25, -0.2) is 4.98 Å². The highest BCUT2D eigenvalue weighted by molar-refractivity contribution is 7.14. The Balaban J connectivity index is 2.16. The predicted octanol–water partition coefficient (Wildman–Crippen LogP) is 3.75. The Bertz CT molecular complexity index is 581. The van der Waals surface area contributed by atoms with Gasteiger partial charge in [0, 0.05) is 24.0 Å². The highest BCUT2D eigenvalue weighted by atomic mass is 32.1. The van der Waals surface area contributed by atoms with Gasteiger partial charge in [-0.3, -0.25) is 4.79 Å². The molecule has 1 aromatic carbocycles. The summed E-state index contributed by atoms with van der Waals surface area (Å²) in [5, 5.41) is 11.8. The van der Waals surface area contributed by atoms with Crippen molar-refractivity contribution in [3.63, 3.8) is 0 Å². The molecular weight excluding hydrogens is 284 g/mol. The SMILES string of the molecule is CC(C)CN(CCC(=O)O)c1nc(-c2ccccc2)cs1. The first kappa shape index (κ1) is 15.5. The molecule has 2 aromatic rings. The summed E-state index contributed by atoms with van der Waals surface area (Å²) < 4.78 is 0. The van der Waals surface area contributed by atoms with Crippen LogP contribution in [-0.4, -0.2) is 29.1 Å². The molecule has 0 aliphatic rings. The van der Waals surface area contributed by atoms with Gasteiger partial charge in [-0.05, 0) is 5.92 Å². The number of carboxylic acid groups (broad SMARTS) is 1. The molecule has 4 nitrogen and oxygen atoms in total. The third kappa shape index (κ3) is 4.56. The molecule has 0 aliphatic heterocycles. The number of benzene rings is 1. The van der Waals surface area contributed by atoms with E-state index in [9.17, 15) is 4.79 Å². The minimum Gasteiger partial charge on any atom is -0.481 e. The lowest BCUT2D eigenvalue weighted by Crippen LogP contribution is -2.29. The summed E-state index contributed by atoms with van der Waals surface area (Å²) in [6.45, 7) is 5.56. The van der Waals surface area contributed by atoms with Gasteiger partial charge >= 0.3 is 5.97 Å². The maximum Gasteiger partial charge on any atom is 0.305 e. The van der Waals surface area contributed by atoms with E-state index < -0.39 is 5.97 Å². The number of carboxylic acids is 1. The fourth-order valence-electron chi connectivity index (χ4n) is 2.09. The van der Waals surface area contributed by atoms with Gasteiger partial charge in [-0.15, -0.1) is 11.3 Å². The summed E-state index contributed by atoms with van der Waals surface area (Å²) >= 11 is 1.57. The van der Waals surface area contributed by atoms with E-state index in [1.54, 1.807) is 11.3 Å². The smallest absolute Gasteiger partial charge is 0.305 e. The zero-order valence-electron chi connectivity index (χ0n) is 12.3. The molecule has 0 unspecified atom stereocenters. The summed E-state index contributed by atoms with van der Waals surface area (Å²) in [5.74, 6) is -0.313. The monoisotopic (exact) mass is 304 g/mol. The summed E-state index contributed by atoms with van der Waals surface area (Å²) in [5.41, 5.74) is 2.03. The molecule has 0 saturated carbocycles. The van der Waals surface area contributed by atoms with Gasteiger partial charge in [0.1, 0.15) is 0 Å². The molecule has 0 bridgehead atoms. The number of aliphatic carboxylic acids is 1. The van der Waals surface area contributed by atoms with Crippen LogP contribution in [0, 0.1) is 5.92 Å². The molecule has 0 radical (unpaired) electrons. The first-order valence-electron chi connectivity index (χ1n) is 7.04. The van der Waals surface area contributed by atoms with E-state index in [2.05, 4.69) is 23.7 Å². The van der Waals surface area contributed by atoms with Crippen LogP contribution in [0.4, 0.5) is 5.13 Å². The van der Waals surface area contributed by atoms with Crippen LogP contribution in [0.25, 0.3) is 11.3 Å². The van der Waals surface area contributed by atoms with Crippen molar-refractivity contribution < 1.29 is 9.90 Å². The van der Waals surface area contributed by atoms with Gasteiger partial charge < -0.3 is 10.0 Å². The van der Waals surface area contributed by atoms with E-state index >= 15 is 0 Å². The third-order valence-corrected chi connectivity index (χ3v) is 3.91.